The van der Waals surface area contributed by atoms with Gasteiger partial charge in [-0.1, -0.05) is 27.5 Å². The van der Waals surface area contributed by atoms with Gasteiger partial charge in [0.2, 0.25) is 5.88 Å². The van der Waals surface area contributed by atoms with Crippen molar-refractivity contribution < 1.29 is 9.13 Å². The van der Waals surface area contributed by atoms with Crippen LogP contribution in [-0.2, 0) is 0 Å². The summed E-state index contributed by atoms with van der Waals surface area (Å²) in [6.07, 6.45) is 0. The third-order valence-electron chi connectivity index (χ3n) is 1.89. The van der Waals surface area contributed by atoms with Crippen LogP contribution in [0.3, 0.4) is 0 Å². The van der Waals surface area contributed by atoms with E-state index in [0.717, 1.165) is 0 Å². The van der Waals surface area contributed by atoms with Gasteiger partial charge in [0.05, 0.1) is 0 Å². The molecule has 2 aromatic rings. The fourth-order valence-electron chi connectivity index (χ4n) is 1.23. The van der Waals surface area contributed by atoms with Gasteiger partial charge in [0.1, 0.15) is 11.0 Å². The summed E-state index contributed by atoms with van der Waals surface area (Å²) in [5.41, 5.74) is 0. The molecule has 1 heterocycles. The number of hydrogen-bond donors (Lipinski definition) is 0. The smallest absolute Gasteiger partial charge is 0.224 e. The Hall–Kier alpha value is -1.20. The summed E-state index contributed by atoms with van der Waals surface area (Å²) in [4.78, 5) is 7.88. The Morgan fingerprint density at radius 3 is 2.71 bits per heavy atom. The second kappa shape index (κ2) is 4.98. The van der Waals surface area contributed by atoms with Gasteiger partial charge in [0.25, 0.3) is 0 Å². The van der Waals surface area contributed by atoms with Crippen molar-refractivity contribution in [2.75, 3.05) is 0 Å². The first-order valence-corrected chi connectivity index (χ1v) is 5.86. The SMILES string of the molecule is Cc1nc(Cl)cc(Oc2ccc(Br)cc2F)n1. The molecule has 6 heteroatoms. The van der Waals surface area contributed by atoms with E-state index < -0.39 is 5.82 Å². The van der Waals surface area contributed by atoms with Crippen LogP contribution >= 0.6 is 27.5 Å². The van der Waals surface area contributed by atoms with Gasteiger partial charge in [0.15, 0.2) is 11.6 Å². The highest BCUT2D eigenvalue weighted by Crippen LogP contribution is 2.26. The van der Waals surface area contributed by atoms with Gasteiger partial charge in [-0.25, -0.2) is 9.37 Å². The average molecular weight is 318 g/mol. The number of aromatic nitrogens is 2. The van der Waals surface area contributed by atoms with Gasteiger partial charge >= 0.3 is 0 Å². The van der Waals surface area contributed by atoms with E-state index in [2.05, 4.69) is 25.9 Å². The van der Waals surface area contributed by atoms with Gasteiger partial charge < -0.3 is 4.74 Å². The van der Waals surface area contributed by atoms with Crippen molar-refractivity contribution in [1.82, 2.24) is 9.97 Å². The zero-order valence-electron chi connectivity index (χ0n) is 8.75. The van der Waals surface area contributed by atoms with Crippen LogP contribution < -0.4 is 4.74 Å². The van der Waals surface area contributed by atoms with Crippen LogP contribution in [0.4, 0.5) is 4.39 Å². The van der Waals surface area contributed by atoms with E-state index in [1.165, 1.54) is 18.2 Å². The van der Waals surface area contributed by atoms with Crippen molar-refractivity contribution in [2.24, 2.45) is 0 Å². The summed E-state index contributed by atoms with van der Waals surface area (Å²) in [7, 11) is 0. The lowest BCUT2D eigenvalue weighted by molar-refractivity contribution is 0.425. The average Bonchev–Trinajstić information content (AvgIpc) is 2.21. The summed E-state index contributed by atoms with van der Waals surface area (Å²) in [6, 6.07) is 5.92. The number of rotatable bonds is 2. The van der Waals surface area contributed by atoms with Gasteiger partial charge in [0, 0.05) is 10.5 Å². The molecule has 2 rings (SSSR count). The monoisotopic (exact) mass is 316 g/mol. The summed E-state index contributed by atoms with van der Waals surface area (Å²) in [5, 5.41) is 0.255. The molecule has 0 spiro atoms. The van der Waals surface area contributed by atoms with Crippen molar-refractivity contribution in [3.63, 3.8) is 0 Å². The lowest BCUT2D eigenvalue weighted by atomic mass is 10.3. The Morgan fingerprint density at radius 2 is 2.06 bits per heavy atom. The van der Waals surface area contributed by atoms with E-state index >= 15 is 0 Å². The fraction of sp³-hybridized carbons (Fsp3) is 0.0909. The molecule has 0 atom stereocenters. The molecule has 88 valence electrons. The Balaban J connectivity index is 2.31. The predicted octanol–water partition coefficient (Wildman–Crippen LogP) is 4.13. The van der Waals surface area contributed by atoms with E-state index in [0.29, 0.717) is 10.3 Å². The molecule has 1 aromatic carbocycles. The molecule has 0 saturated carbocycles. The highest BCUT2D eigenvalue weighted by atomic mass is 79.9. The van der Waals surface area contributed by atoms with Crippen LogP contribution in [0.25, 0.3) is 0 Å². The first-order chi connectivity index (χ1) is 8.04. The molecular formula is C11H7BrClFN2O. The van der Waals surface area contributed by atoms with Crippen LogP contribution in [0.2, 0.25) is 5.15 Å². The zero-order chi connectivity index (χ0) is 12.4. The maximum atomic E-state index is 13.5. The first kappa shape index (κ1) is 12.3. The number of aryl methyl sites for hydroxylation is 1. The molecule has 0 fully saturated rings. The highest BCUT2D eigenvalue weighted by molar-refractivity contribution is 9.10. The van der Waals surface area contributed by atoms with Crippen LogP contribution in [0.1, 0.15) is 5.82 Å². The molecule has 0 aliphatic rings. The second-order valence-electron chi connectivity index (χ2n) is 3.25. The van der Waals surface area contributed by atoms with Crippen LogP contribution in [-0.4, -0.2) is 9.97 Å². The molecule has 0 unspecified atom stereocenters. The van der Waals surface area contributed by atoms with E-state index in [-0.39, 0.29) is 16.8 Å². The van der Waals surface area contributed by atoms with E-state index in [4.69, 9.17) is 16.3 Å². The molecule has 0 aliphatic heterocycles. The molecule has 0 N–H and O–H groups in total. The number of halogens is 3. The third-order valence-corrected chi connectivity index (χ3v) is 2.58. The van der Waals surface area contributed by atoms with Crippen molar-refractivity contribution in [2.45, 2.75) is 6.92 Å². The van der Waals surface area contributed by atoms with E-state index in [1.54, 1.807) is 13.0 Å². The molecule has 0 bridgehead atoms. The van der Waals surface area contributed by atoms with Gasteiger partial charge in [-0.3, -0.25) is 0 Å². The Bertz CT molecular complexity index is 545. The predicted molar refractivity (Wildman–Crippen MR) is 66.0 cm³/mol. The summed E-state index contributed by atoms with van der Waals surface area (Å²) in [5.74, 6) is 0.280. The molecule has 0 aliphatic carbocycles. The van der Waals surface area contributed by atoms with Crippen molar-refractivity contribution in [1.29, 1.82) is 0 Å². The Morgan fingerprint density at radius 1 is 1.29 bits per heavy atom. The highest BCUT2D eigenvalue weighted by Gasteiger charge is 2.07. The molecule has 0 amide bonds. The van der Waals surface area contributed by atoms with Gasteiger partial charge in [-0.2, -0.15) is 4.98 Å². The molecule has 17 heavy (non-hydrogen) atoms. The molecule has 0 saturated heterocycles. The molecule has 3 nitrogen and oxygen atoms in total. The fourth-order valence-corrected chi connectivity index (χ4v) is 1.78. The van der Waals surface area contributed by atoms with Gasteiger partial charge in [-0.15, -0.1) is 0 Å². The Kier molecular flexibility index (Phi) is 3.59. The summed E-state index contributed by atoms with van der Waals surface area (Å²) >= 11 is 8.91. The number of benzene rings is 1. The maximum absolute atomic E-state index is 13.5. The summed E-state index contributed by atoms with van der Waals surface area (Å²) in [6.45, 7) is 1.68. The third kappa shape index (κ3) is 3.14. The molecular weight excluding hydrogens is 310 g/mol. The Labute approximate surface area is 111 Å². The van der Waals surface area contributed by atoms with Crippen molar-refractivity contribution >= 4 is 27.5 Å². The largest absolute Gasteiger partial charge is 0.436 e. The standard InChI is InChI=1S/C11H7BrClFN2O/c1-6-15-10(13)5-11(16-6)17-9-3-2-7(12)4-8(9)14/h2-5H,1H3. The van der Waals surface area contributed by atoms with Gasteiger partial charge in [-0.05, 0) is 25.1 Å². The van der Waals surface area contributed by atoms with Crippen LogP contribution in [0.5, 0.6) is 11.6 Å². The normalized spacial score (nSPS) is 10.4. The lowest BCUT2D eigenvalue weighted by Gasteiger charge is -2.06. The minimum absolute atomic E-state index is 0.0855. The second-order valence-corrected chi connectivity index (χ2v) is 4.56. The van der Waals surface area contributed by atoms with Crippen molar-refractivity contribution in [3.8, 4) is 11.6 Å². The number of ether oxygens (including phenoxy) is 1. The topological polar surface area (TPSA) is 35.0 Å². The molecule has 0 radical (unpaired) electrons. The summed E-state index contributed by atoms with van der Waals surface area (Å²) < 4.78 is 19.4. The number of nitrogens with zero attached hydrogens (tertiary/aromatic N) is 2. The maximum Gasteiger partial charge on any atom is 0.224 e. The first-order valence-electron chi connectivity index (χ1n) is 4.69. The van der Waals surface area contributed by atoms with Crippen molar-refractivity contribution in [3.05, 3.63) is 45.5 Å². The van der Waals surface area contributed by atoms with Crippen LogP contribution in [0.15, 0.2) is 28.7 Å². The van der Waals surface area contributed by atoms with E-state index in [9.17, 15) is 4.39 Å². The number of hydrogen-bond acceptors (Lipinski definition) is 3. The van der Waals surface area contributed by atoms with Crippen LogP contribution in [0, 0.1) is 12.7 Å². The van der Waals surface area contributed by atoms with E-state index in [1.807, 2.05) is 0 Å². The minimum atomic E-state index is -0.480. The lowest BCUT2D eigenvalue weighted by Crippen LogP contribution is -1.94. The quantitative estimate of drug-likeness (QED) is 0.781. The molecule has 1 aromatic heterocycles. The minimum Gasteiger partial charge on any atom is -0.436 e. The zero-order valence-corrected chi connectivity index (χ0v) is 11.1.